The normalized spacial score (nSPS) is 21.5. The van der Waals surface area contributed by atoms with Crippen LogP contribution in [0.5, 0.6) is 11.5 Å². The standard InChI is InChI=1S/C29H40N4O8.C2H6/c1-18(30-26(34)15-33-8-10-38-11-9-33)28(36)32-22(13-20-6-7-23-24(14-20)41-17-40-23)29(37)31-21(27(35)25-16-39-25)12-19-4-2-3-5-19;1-2/h6-7,14,18-19,21-22,25H,2-5,8-13,15-17H2,1H3,(H,30,34)(H,31,37)(H,32,36);1-2H3. The second kappa shape index (κ2) is 16.0. The van der Waals surface area contributed by atoms with E-state index in [0.717, 1.165) is 31.2 Å². The Balaban J connectivity index is 0.00000207. The summed E-state index contributed by atoms with van der Waals surface area (Å²) in [6, 6.07) is 2.82. The number of nitrogens with one attached hydrogen (secondary N) is 3. The lowest BCUT2D eigenvalue weighted by Crippen LogP contribution is -2.57. The molecule has 0 bridgehead atoms. The molecule has 5 rings (SSSR count). The Bertz CT molecular complexity index is 1120. The number of nitrogens with zero attached hydrogens (tertiary/aromatic N) is 1. The van der Waals surface area contributed by atoms with Crippen LogP contribution in [-0.4, -0.2) is 98.9 Å². The Morgan fingerprint density at radius 3 is 2.30 bits per heavy atom. The Kier molecular flexibility index (Phi) is 12.2. The SMILES string of the molecule is CC.CC(NC(=O)CN1CCOCC1)C(=O)NC(Cc1ccc2c(c1)OCO2)C(=O)NC(CC1CCCC1)C(=O)C1CO1. The molecule has 12 heteroatoms. The summed E-state index contributed by atoms with van der Waals surface area (Å²) in [5, 5.41) is 8.47. The van der Waals surface area contributed by atoms with Crippen LogP contribution in [0, 0.1) is 5.92 Å². The summed E-state index contributed by atoms with van der Waals surface area (Å²) in [5.41, 5.74) is 0.753. The summed E-state index contributed by atoms with van der Waals surface area (Å²) in [5.74, 6) is 0.191. The van der Waals surface area contributed by atoms with E-state index in [1.54, 1.807) is 19.1 Å². The molecule has 0 aromatic heterocycles. The quantitative estimate of drug-likeness (QED) is 0.285. The maximum Gasteiger partial charge on any atom is 0.243 e. The van der Waals surface area contributed by atoms with E-state index in [1.807, 2.05) is 24.8 Å². The lowest BCUT2D eigenvalue weighted by atomic mass is 9.94. The first-order valence-electron chi connectivity index (χ1n) is 15.6. The van der Waals surface area contributed by atoms with Gasteiger partial charge in [-0.05, 0) is 37.0 Å². The van der Waals surface area contributed by atoms with Crippen molar-refractivity contribution in [1.29, 1.82) is 0 Å². The van der Waals surface area contributed by atoms with Gasteiger partial charge in [0.1, 0.15) is 18.2 Å². The number of rotatable bonds is 13. The van der Waals surface area contributed by atoms with Gasteiger partial charge in [0.15, 0.2) is 17.3 Å². The zero-order valence-electron chi connectivity index (χ0n) is 25.5. The predicted octanol–water partition coefficient (Wildman–Crippen LogP) is 1.34. The topological polar surface area (TPSA) is 148 Å². The highest BCUT2D eigenvalue weighted by Crippen LogP contribution is 2.33. The van der Waals surface area contributed by atoms with Crippen molar-refractivity contribution in [1.82, 2.24) is 20.9 Å². The van der Waals surface area contributed by atoms with Gasteiger partial charge in [-0.3, -0.25) is 24.1 Å². The number of epoxide rings is 1. The zero-order valence-corrected chi connectivity index (χ0v) is 25.5. The van der Waals surface area contributed by atoms with E-state index in [9.17, 15) is 19.2 Å². The van der Waals surface area contributed by atoms with Gasteiger partial charge in [-0.25, -0.2) is 0 Å². The molecule has 0 radical (unpaired) electrons. The molecule has 3 N–H and O–H groups in total. The summed E-state index contributed by atoms with van der Waals surface area (Å²) in [4.78, 5) is 54.5. The smallest absolute Gasteiger partial charge is 0.243 e. The number of ketones is 1. The molecule has 43 heavy (non-hydrogen) atoms. The van der Waals surface area contributed by atoms with E-state index >= 15 is 0 Å². The van der Waals surface area contributed by atoms with E-state index in [4.69, 9.17) is 18.9 Å². The lowest BCUT2D eigenvalue weighted by Gasteiger charge is -2.27. The zero-order chi connectivity index (χ0) is 30.8. The minimum Gasteiger partial charge on any atom is -0.454 e. The van der Waals surface area contributed by atoms with Crippen LogP contribution < -0.4 is 25.4 Å². The number of hydrogen-bond donors (Lipinski definition) is 3. The third-order valence-corrected chi connectivity index (χ3v) is 8.11. The molecule has 3 amide bonds. The molecule has 4 aliphatic rings. The number of Topliss-reactive ketones (excluding diaryl/α,β-unsaturated/α-hetero) is 1. The number of carbonyl (C=O) groups is 4. The molecule has 2 saturated heterocycles. The van der Waals surface area contributed by atoms with Crippen molar-refractivity contribution in [3.63, 3.8) is 0 Å². The predicted molar refractivity (Wildman–Crippen MR) is 158 cm³/mol. The van der Waals surface area contributed by atoms with Gasteiger partial charge in [0.05, 0.1) is 32.4 Å². The largest absolute Gasteiger partial charge is 0.454 e. The van der Waals surface area contributed by atoms with E-state index in [-0.39, 0.29) is 31.4 Å². The molecular formula is C31H46N4O8. The minimum absolute atomic E-state index is 0.120. The van der Waals surface area contributed by atoms with Gasteiger partial charge in [-0.1, -0.05) is 45.6 Å². The van der Waals surface area contributed by atoms with Gasteiger partial charge in [-0.2, -0.15) is 0 Å². The molecule has 3 fully saturated rings. The van der Waals surface area contributed by atoms with Crippen LogP contribution in [0.4, 0.5) is 0 Å². The highest BCUT2D eigenvalue weighted by molar-refractivity contribution is 5.96. The van der Waals surface area contributed by atoms with Gasteiger partial charge < -0.3 is 34.9 Å². The van der Waals surface area contributed by atoms with Crippen LogP contribution in [0.1, 0.15) is 58.4 Å². The van der Waals surface area contributed by atoms with Gasteiger partial charge >= 0.3 is 0 Å². The first kappa shape index (κ1) is 32.7. The summed E-state index contributed by atoms with van der Waals surface area (Å²) < 4.78 is 21.4. The number of fused-ring (bicyclic) bond motifs is 1. The van der Waals surface area contributed by atoms with Crippen molar-refractivity contribution in [2.24, 2.45) is 5.92 Å². The minimum atomic E-state index is -0.986. The maximum atomic E-state index is 13.7. The van der Waals surface area contributed by atoms with E-state index in [0.29, 0.717) is 56.7 Å². The number of benzene rings is 1. The third kappa shape index (κ3) is 9.64. The van der Waals surface area contributed by atoms with E-state index in [1.165, 1.54) is 0 Å². The molecule has 3 heterocycles. The Labute approximate surface area is 253 Å². The Morgan fingerprint density at radius 1 is 0.930 bits per heavy atom. The second-order valence-corrected chi connectivity index (χ2v) is 11.3. The number of morpholine rings is 1. The molecule has 1 aromatic rings. The van der Waals surface area contributed by atoms with Crippen molar-refractivity contribution in [3.05, 3.63) is 23.8 Å². The van der Waals surface area contributed by atoms with Crippen LogP contribution in [0.15, 0.2) is 18.2 Å². The van der Waals surface area contributed by atoms with Gasteiger partial charge in [0, 0.05) is 19.5 Å². The maximum absolute atomic E-state index is 13.7. The molecule has 1 saturated carbocycles. The molecule has 1 aliphatic carbocycles. The van der Waals surface area contributed by atoms with Gasteiger partial charge in [0.25, 0.3) is 0 Å². The molecular weight excluding hydrogens is 556 g/mol. The van der Waals surface area contributed by atoms with E-state index < -0.39 is 36.0 Å². The molecule has 4 unspecified atom stereocenters. The van der Waals surface area contributed by atoms with Crippen LogP contribution in [-0.2, 0) is 35.1 Å². The average molecular weight is 603 g/mol. The van der Waals surface area contributed by atoms with Crippen LogP contribution in [0.3, 0.4) is 0 Å². The monoisotopic (exact) mass is 602 g/mol. The molecule has 238 valence electrons. The molecule has 1 aromatic carbocycles. The second-order valence-electron chi connectivity index (χ2n) is 11.3. The van der Waals surface area contributed by atoms with Gasteiger partial charge in [-0.15, -0.1) is 0 Å². The van der Waals surface area contributed by atoms with Crippen molar-refractivity contribution in [3.8, 4) is 11.5 Å². The van der Waals surface area contributed by atoms with Crippen LogP contribution in [0.2, 0.25) is 0 Å². The molecule has 0 spiro atoms. The molecule has 12 nitrogen and oxygen atoms in total. The fourth-order valence-corrected chi connectivity index (χ4v) is 5.66. The van der Waals surface area contributed by atoms with Crippen LogP contribution in [0.25, 0.3) is 0 Å². The summed E-state index contributed by atoms with van der Waals surface area (Å²) in [7, 11) is 0. The fourth-order valence-electron chi connectivity index (χ4n) is 5.66. The summed E-state index contributed by atoms with van der Waals surface area (Å²) in [6.07, 6.45) is 4.55. The van der Waals surface area contributed by atoms with Crippen LogP contribution >= 0.6 is 0 Å². The fraction of sp³-hybridized carbons (Fsp3) is 0.677. The number of amides is 3. The number of ether oxygens (including phenoxy) is 4. The Hall–Kier alpha value is -3.22. The number of hydrogen-bond acceptors (Lipinski definition) is 9. The van der Waals surface area contributed by atoms with E-state index in [2.05, 4.69) is 16.0 Å². The van der Waals surface area contributed by atoms with Crippen molar-refractivity contribution < 1.29 is 38.1 Å². The summed E-state index contributed by atoms with van der Waals surface area (Å²) in [6.45, 7) is 8.67. The number of carbonyl (C=O) groups excluding carboxylic acids is 4. The van der Waals surface area contributed by atoms with Crippen molar-refractivity contribution in [2.45, 2.75) is 83.5 Å². The first-order valence-corrected chi connectivity index (χ1v) is 15.6. The van der Waals surface area contributed by atoms with Crippen molar-refractivity contribution in [2.75, 3.05) is 46.2 Å². The first-order chi connectivity index (χ1) is 20.9. The average Bonchev–Trinajstić information content (AvgIpc) is 3.53. The highest BCUT2D eigenvalue weighted by atomic mass is 16.7. The molecule has 3 aliphatic heterocycles. The highest BCUT2D eigenvalue weighted by Gasteiger charge is 2.39. The third-order valence-electron chi connectivity index (χ3n) is 8.11. The lowest BCUT2D eigenvalue weighted by molar-refractivity contribution is -0.133. The van der Waals surface area contributed by atoms with Crippen molar-refractivity contribution >= 4 is 23.5 Å². The molecule has 4 atom stereocenters. The Morgan fingerprint density at radius 2 is 1.60 bits per heavy atom. The van der Waals surface area contributed by atoms with Gasteiger partial charge in [0.2, 0.25) is 24.5 Å². The summed E-state index contributed by atoms with van der Waals surface area (Å²) >= 11 is 0.